The lowest BCUT2D eigenvalue weighted by atomic mass is 9.98. The van der Waals surface area contributed by atoms with E-state index in [1.54, 1.807) is 11.9 Å². The average Bonchev–Trinajstić information content (AvgIpc) is 2.37. The Morgan fingerprint density at radius 3 is 2.50 bits per heavy atom. The number of aliphatic hydroxyl groups is 1. The van der Waals surface area contributed by atoms with Crippen LogP contribution in [-0.2, 0) is 11.3 Å². The van der Waals surface area contributed by atoms with Gasteiger partial charge in [0.15, 0.2) is 0 Å². The van der Waals surface area contributed by atoms with Gasteiger partial charge < -0.3 is 15.7 Å². The molecule has 1 unspecified atom stereocenters. The second-order valence-electron chi connectivity index (χ2n) is 4.77. The first kappa shape index (κ1) is 14.7. The fourth-order valence-electron chi connectivity index (χ4n) is 1.88. The highest BCUT2D eigenvalue weighted by Gasteiger charge is 2.17. The van der Waals surface area contributed by atoms with Crippen LogP contribution in [0.15, 0.2) is 12.1 Å². The summed E-state index contributed by atoms with van der Waals surface area (Å²) in [4.78, 5) is 13.3. The molecule has 3 N–H and O–H groups in total. The third-order valence-electron chi connectivity index (χ3n) is 3.47. The quantitative estimate of drug-likeness (QED) is 0.834. The lowest BCUT2D eigenvalue weighted by Crippen LogP contribution is -2.43. The third kappa shape index (κ3) is 3.09. The van der Waals surface area contributed by atoms with Crippen molar-refractivity contribution in [3.8, 4) is 0 Å². The van der Waals surface area contributed by atoms with E-state index in [0.29, 0.717) is 6.54 Å². The van der Waals surface area contributed by atoms with E-state index < -0.39 is 6.04 Å². The monoisotopic (exact) mass is 250 g/mol. The van der Waals surface area contributed by atoms with Crippen LogP contribution in [0.1, 0.15) is 22.3 Å². The summed E-state index contributed by atoms with van der Waals surface area (Å²) in [5, 5.41) is 8.88. The SMILES string of the molecule is Cc1ccc(CN(C)C(=O)C(N)CO)c(C)c1C. The zero-order valence-electron chi connectivity index (χ0n) is 11.5. The number of aliphatic hydroxyl groups excluding tert-OH is 1. The first-order chi connectivity index (χ1) is 8.38. The maximum atomic E-state index is 11.8. The first-order valence-corrected chi connectivity index (χ1v) is 6.05. The smallest absolute Gasteiger partial charge is 0.241 e. The molecule has 4 nitrogen and oxygen atoms in total. The molecule has 0 bridgehead atoms. The molecule has 1 atom stereocenters. The van der Waals surface area contributed by atoms with Crippen LogP contribution in [0.3, 0.4) is 0 Å². The predicted octanol–water partition coefficient (Wildman–Crippen LogP) is 0.890. The largest absolute Gasteiger partial charge is 0.394 e. The van der Waals surface area contributed by atoms with E-state index in [2.05, 4.69) is 26.8 Å². The molecule has 4 heteroatoms. The lowest BCUT2D eigenvalue weighted by Gasteiger charge is -2.22. The zero-order chi connectivity index (χ0) is 13.9. The number of nitrogens with zero attached hydrogens (tertiary/aromatic N) is 1. The fourth-order valence-corrected chi connectivity index (χ4v) is 1.88. The predicted molar refractivity (Wildman–Crippen MR) is 72.2 cm³/mol. The van der Waals surface area contributed by atoms with Gasteiger partial charge in [0, 0.05) is 13.6 Å². The van der Waals surface area contributed by atoms with Gasteiger partial charge in [-0.05, 0) is 43.0 Å². The number of carbonyl (C=O) groups is 1. The second kappa shape index (κ2) is 5.98. The summed E-state index contributed by atoms with van der Waals surface area (Å²) in [6.07, 6.45) is 0. The van der Waals surface area contributed by atoms with E-state index in [4.69, 9.17) is 10.8 Å². The van der Waals surface area contributed by atoms with Crippen molar-refractivity contribution in [2.45, 2.75) is 33.4 Å². The summed E-state index contributed by atoms with van der Waals surface area (Å²) < 4.78 is 0. The molecule has 0 saturated heterocycles. The number of aryl methyl sites for hydroxylation is 1. The Balaban J connectivity index is 2.86. The van der Waals surface area contributed by atoms with Crippen molar-refractivity contribution >= 4 is 5.91 Å². The number of amides is 1. The van der Waals surface area contributed by atoms with Crippen LogP contribution < -0.4 is 5.73 Å². The summed E-state index contributed by atoms with van der Waals surface area (Å²) in [5.74, 6) is -0.241. The van der Waals surface area contributed by atoms with Gasteiger partial charge in [0.1, 0.15) is 6.04 Å². The van der Waals surface area contributed by atoms with Crippen molar-refractivity contribution in [3.63, 3.8) is 0 Å². The number of nitrogens with two attached hydrogens (primary N) is 1. The minimum atomic E-state index is -0.832. The summed E-state index contributed by atoms with van der Waals surface area (Å²) in [6.45, 7) is 6.40. The Bertz CT molecular complexity index is 444. The van der Waals surface area contributed by atoms with Gasteiger partial charge in [-0.3, -0.25) is 4.79 Å². The van der Waals surface area contributed by atoms with Gasteiger partial charge in [-0.1, -0.05) is 12.1 Å². The molecule has 0 spiro atoms. The van der Waals surface area contributed by atoms with Crippen molar-refractivity contribution in [2.24, 2.45) is 5.73 Å². The second-order valence-corrected chi connectivity index (χ2v) is 4.77. The summed E-state index contributed by atoms with van der Waals surface area (Å²) in [7, 11) is 1.70. The molecule has 100 valence electrons. The Labute approximate surface area is 108 Å². The van der Waals surface area contributed by atoms with Crippen molar-refractivity contribution in [1.29, 1.82) is 0 Å². The molecule has 1 aromatic rings. The molecule has 18 heavy (non-hydrogen) atoms. The number of hydrogen-bond donors (Lipinski definition) is 2. The van der Waals surface area contributed by atoms with E-state index in [1.807, 2.05) is 6.07 Å². The van der Waals surface area contributed by atoms with Crippen LogP contribution in [-0.4, -0.2) is 35.6 Å². The number of rotatable bonds is 4. The molecule has 1 aromatic carbocycles. The lowest BCUT2D eigenvalue weighted by molar-refractivity contribution is -0.132. The van der Waals surface area contributed by atoms with E-state index in [1.165, 1.54) is 16.7 Å². The van der Waals surface area contributed by atoms with E-state index in [9.17, 15) is 4.79 Å². The Kier molecular flexibility index (Phi) is 4.87. The highest BCUT2D eigenvalue weighted by molar-refractivity contribution is 5.81. The molecule has 0 saturated carbocycles. The third-order valence-corrected chi connectivity index (χ3v) is 3.47. The molecule has 0 aliphatic rings. The molecular weight excluding hydrogens is 228 g/mol. The van der Waals surface area contributed by atoms with Crippen LogP contribution in [0.2, 0.25) is 0 Å². The van der Waals surface area contributed by atoms with Crippen LogP contribution >= 0.6 is 0 Å². The van der Waals surface area contributed by atoms with Crippen molar-refractivity contribution in [1.82, 2.24) is 4.90 Å². The maximum Gasteiger partial charge on any atom is 0.241 e. The summed E-state index contributed by atoms with van der Waals surface area (Å²) in [5.41, 5.74) is 10.3. The van der Waals surface area contributed by atoms with Crippen LogP contribution in [0, 0.1) is 20.8 Å². The Morgan fingerprint density at radius 2 is 1.94 bits per heavy atom. The topological polar surface area (TPSA) is 66.6 Å². The number of likely N-dealkylation sites (N-methyl/N-ethyl adjacent to an activating group) is 1. The highest BCUT2D eigenvalue weighted by Crippen LogP contribution is 2.18. The number of hydrogen-bond acceptors (Lipinski definition) is 3. The molecule has 0 aliphatic carbocycles. The summed E-state index contributed by atoms with van der Waals surface area (Å²) >= 11 is 0. The molecule has 0 fully saturated rings. The molecule has 0 heterocycles. The Morgan fingerprint density at radius 1 is 1.33 bits per heavy atom. The normalized spacial score (nSPS) is 12.3. The van der Waals surface area contributed by atoms with E-state index in [0.717, 1.165) is 5.56 Å². The summed E-state index contributed by atoms with van der Waals surface area (Å²) in [6, 6.07) is 3.26. The molecule has 0 aliphatic heterocycles. The van der Waals surface area contributed by atoms with Gasteiger partial charge in [0.25, 0.3) is 0 Å². The standard InChI is InChI=1S/C14H22N2O2/c1-9-5-6-12(11(3)10(9)2)7-16(4)14(18)13(15)8-17/h5-6,13,17H,7-8,15H2,1-4H3. The van der Waals surface area contributed by atoms with Gasteiger partial charge in [-0.2, -0.15) is 0 Å². The van der Waals surface area contributed by atoms with Gasteiger partial charge in [-0.15, -0.1) is 0 Å². The molecule has 1 amide bonds. The average molecular weight is 250 g/mol. The van der Waals surface area contributed by atoms with Gasteiger partial charge in [0.2, 0.25) is 5.91 Å². The molecular formula is C14H22N2O2. The maximum absolute atomic E-state index is 11.8. The van der Waals surface area contributed by atoms with Crippen molar-refractivity contribution in [2.75, 3.05) is 13.7 Å². The number of benzene rings is 1. The van der Waals surface area contributed by atoms with Crippen LogP contribution in [0.4, 0.5) is 0 Å². The van der Waals surface area contributed by atoms with Gasteiger partial charge >= 0.3 is 0 Å². The fraction of sp³-hybridized carbons (Fsp3) is 0.500. The number of carbonyl (C=O) groups excluding carboxylic acids is 1. The highest BCUT2D eigenvalue weighted by atomic mass is 16.3. The molecule has 1 rings (SSSR count). The molecule has 0 aromatic heterocycles. The minimum absolute atomic E-state index is 0.241. The Hall–Kier alpha value is -1.39. The van der Waals surface area contributed by atoms with Gasteiger partial charge in [0.05, 0.1) is 6.61 Å². The molecule has 0 radical (unpaired) electrons. The van der Waals surface area contributed by atoms with Gasteiger partial charge in [-0.25, -0.2) is 0 Å². The van der Waals surface area contributed by atoms with Crippen LogP contribution in [0.25, 0.3) is 0 Å². The van der Waals surface area contributed by atoms with Crippen LogP contribution in [0.5, 0.6) is 0 Å². The zero-order valence-corrected chi connectivity index (χ0v) is 11.5. The minimum Gasteiger partial charge on any atom is -0.394 e. The van der Waals surface area contributed by atoms with Crippen molar-refractivity contribution in [3.05, 3.63) is 34.4 Å². The van der Waals surface area contributed by atoms with Crippen molar-refractivity contribution < 1.29 is 9.90 Å². The van der Waals surface area contributed by atoms with E-state index in [-0.39, 0.29) is 12.5 Å². The van der Waals surface area contributed by atoms with E-state index >= 15 is 0 Å². The first-order valence-electron chi connectivity index (χ1n) is 6.05.